The molecule has 0 aliphatic carbocycles. The second-order valence-electron chi connectivity index (χ2n) is 4.87. The number of hydrogen-bond donors (Lipinski definition) is 2. The van der Waals surface area contributed by atoms with Crippen LogP contribution in [0, 0.1) is 0 Å². The summed E-state index contributed by atoms with van der Waals surface area (Å²) in [6.45, 7) is 1.38. The van der Waals surface area contributed by atoms with Gasteiger partial charge in [-0.15, -0.1) is 0 Å². The Hall–Kier alpha value is -2.50. The van der Waals surface area contributed by atoms with E-state index in [1.165, 1.54) is 12.1 Å². The molecule has 22 heavy (non-hydrogen) atoms. The van der Waals surface area contributed by atoms with E-state index in [9.17, 15) is 13.2 Å². The quantitative estimate of drug-likeness (QED) is 0.886. The Morgan fingerprint density at radius 2 is 1.64 bits per heavy atom. The van der Waals surface area contributed by atoms with Gasteiger partial charge in [-0.05, 0) is 17.7 Å². The van der Waals surface area contributed by atoms with Gasteiger partial charge in [-0.1, -0.05) is 36.4 Å². The summed E-state index contributed by atoms with van der Waals surface area (Å²) in [5, 5.41) is 6.10. The Morgan fingerprint density at radius 1 is 0.955 bits per heavy atom. The zero-order valence-corrected chi connectivity index (χ0v) is 11.6. The smallest absolute Gasteiger partial charge is 0.354 e. The summed E-state index contributed by atoms with van der Waals surface area (Å²) in [7, 11) is 0. The Balaban J connectivity index is 2.06. The fraction of sp³-hybridized carbons (Fsp3) is 0.188. The van der Waals surface area contributed by atoms with Crippen molar-refractivity contribution in [3.63, 3.8) is 0 Å². The van der Waals surface area contributed by atoms with E-state index >= 15 is 0 Å². The molecule has 0 spiro atoms. The fourth-order valence-corrected chi connectivity index (χ4v) is 2.40. The minimum absolute atomic E-state index is 0.150. The number of nitrogens with one attached hydrogen (secondary N) is 2. The Labute approximate surface area is 125 Å². The van der Waals surface area contributed by atoms with E-state index in [1.54, 1.807) is 30.3 Å². The topological polar surface area (TPSA) is 36.4 Å². The summed E-state index contributed by atoms with van der Waals surface area (Å²) >= 11 is 0. The Bertz CT molecular complexity index is 708. The number of anilines is 1. The summed E-state index contributed by atoms with van der Waals surface area (Å²) in [5.41, 5.74) is 0.585. The lowest BCUT2D eigenvalue weighted by molar-refractivity contribution is -0.137. The highest BCUT2D eigenvalue weighted by molar-refractivity contribution is 5.98. The number of rotatable bonds is 2. The SMILES string of the molecule is FC(F)(F)c1ccccc1-c1ccccc1NC1=NCCN1. The molecule has 2 aromatic carbocycles. The fourth-order valence-electron chi connectivity index (χ4n) is 2.40. The van der Waals surface area contributed by atoms with Crippen molar-refractivity contribution in [2.45, 2.75) is 6.18 Å². The van der Waals surface area contributed by atoms with Crippen LogP contribution >= 0.6 is 0 Å². The van der Waals surface area contributed by atoms with E-state index in [2.05, 4.69) is 15.6 Å². The molecule has 1 aliphatic heterocycles. The van der Waals surface area contributed by atoms with Crippen molar-refractivity contribution in [2.75, 3.05) is 18.4 Å². The van der Waals surface area contributed by atoms with Crippen LogP contribution in [0.15, 0.2) is 53.5 Å². The molecule has 3 nitrogen and oxygen atoms in total. The zero-order valence-electron chi connectivity index (χ0n) is 11.6. The van der Waals surface area contributed by atoms with Crippen LogP contribution in [-0.2, 0) is 6.18 Å². The van der Waals surface area contributed by atoms with Crippen LogP contribution in [0.5, 0.6) is 0 Å². The maximum atomic E-state index is 13.2. The van der Waals surface area contributed by atoms with Gasteiger partial charge in [-0.2, -0.15) is 13.2 Å². The van der Waals surface area contributed by atoms with Gasteiger partial charge in [0.25, 0.3) is 0 Å². The third kappa shape index (κ3) is 2.90. The first-order valence-electron chi connectivity index (χ1n) is 6.87. The lowest BCUT2D eigenvalue weighted by Crippen LogP contribution is -2.26. The van der Waals surface area contributed by atoms with Crippen LogP contribution in [0.1, 0.15) is 5.56 Å². The number of halogens is 3. The number of para-hydroxylation sites is 1. The normalized spacial score (nSPS) is 14.4. The van der Waals surface area contributed by atoms with E-state index in [4.69, 9.17) is 0 Å². The average Bonchev–Trinajstić information content (AvgIpc) is 3.00. The van der Waals surface area contributed by atoms with Crippen molar-refractivity contribution in [1.82, 2.24) is 5.32 Å². The highest BCUT2D eigenvalue weighted by Crippen LogP contribution is 2.39. The van der Waals surface area contributed by atoms with Gasteiger partial charge in [0.2, 0.25) is 0 Å². The standard InChI is InChI=1S/C16H14F3N3/c17-16(18,19)13-7-3-1-5-11(13)12-6-2-4-8-14(12)22-15-20-9-10-21-15/h1-8H,9-10H2,(H2,20,21,22). The number of guanidine groups is 1. The maximum absolute atomic E-state index is 13.2. The third-order valence-electron chi connectivity index (χ3n) is 3.38. The molecule has 3 rings (SSSR count). The summed E-state index contributed by atoms with van der Waals surface area (Å²) in [5.74, 6) is 0.580. The van der Waals surface area contributed by atoms with E-state index in [1.807, 2.05) is 0 Å². The Morgan fingerprint density at radius 3 is 2.32 bits per heavy atom. The van der Waals surface area contributed by atoms with Gasteiger partial charge in [-0.3, -0.25) is 4.99 Å². The molecule has 114 valence electrons. The molecular formula is C16H14F3N3. The van der Waals surface area contributed by atoms with E-state index in [0.717, 1.165) is 12.6 Å². The molecule has 0 fully saturated rings. The number of hydrogen-bond acceptors (Lipinski definition) is 3. The first kappa shape index (κ1) is 14.4. The number of alkyl halides is 3. The second-order valence-corrected chi connectivity index (χ2v) is 4.87. The minimum atomic E-state index is -4.40. The van der Waals surface area contributed by atoms with Gasteiger partial charge in [-0.25, -0.2) is 0 Å². The van der Waals surface area contributed by atoms with Gasteiger partial charge in [0.15, 0.2) is 5.96 Å². The van der Waals surface area contributed by atoms with Crippen LogP contribution in [0.4, 0.5) is 18.9 Å². The molecular weight excluding hydrogens is 291 g/mol. The third-order valence-corrected chi connectivity index (χ3v) is 3.38. The minimum Gasteiger partial charge on any atom is -0.354 e. The van der Waals surface area contributed by atoms with E-state index in [0.29, 0.717) is 23.8 Å². The highest BCUT2D eigenvalue weighted by Gasteiger charge is 2.33. The molecule has 0 atom stereocenters. The lowest BCUT2D eigenvalue weighted by Gasteiger charge is -2.16. The lowest BCUT2D eigenvalue weighted by atomic mass is 9.98. The molecule has 0 saturated carbocycles. The molecule has 0 radical (unpaired) electrons. The molecule has 0 saturated heterocycles. The highest BCUT2D eigenvalue weighted by atomic mass is 19.4. The molecule has 0 unspecified atom stereocenters. The molecule has 1 heterocycles. The predicted octanol–water partition coefficient (Wildman–Crippen LogP) is 3.74. The monoisotopic (exact) mass is 305 g/mol. The zero-order chi connectivity index (χ0) is 15.6. The van der Waals surface area contributed by atoms with Crippen LogP contribution < -0.4 is 10.6 Å². The summed E-state index contributed by atoms with van der Waals surface area (Å²) in [6, 6.07) is 12.5. The molecule has 1 aliphatic rings. The van der Waals surface area contributed by atoms with E-state index in [-0.39, 0.29) is 5.56 Å². The first-order chi connectivity index (χ1) is 10.6. The van der Waals surface area contributed by atoms with Crippen LogP contribution in [0.25, 0.3) is 11.1 Å². The molecule has 2 N–H and O–H groups in total. The summed E-state index contributed by atoms with van der Waals surface area (Å²) in [6.07, 6.45) is -4.40. The van der Waals surface area contributed by atoms with Crippen molar-refractivity contribution >= 4 is 11.6 Å². The van der Waals surface area contributed by atoms with Crippen LogP contribution in [0.3, 0.4) is 0 Å². The largest absolute Gasteiger partial charge is 0.417 e. The van der Waals surface area contributed by atoms with Crippen molar-refractivity contribution < 1.29 is 13.2 Å². The predicted molar refractivity (Wildman–Crippen MR) is 80.8 cm³/mol. The van der Waals surface area contributed by atoms with Gasteiger partial charge < -0.3 is 10.6 Å². The van der Waals surface area contributed by atoms with Crippen LogP contribution in [0.2, 0.25) is 0 Å². The molecule has 6 heteroatoms. The van der Waals surface area contributed by atoms with Gasteiger partial charge in [0, 0.05) is 17.8 Å². The van der Waals surface area contributed by atoms with Gasteiger partial charge in [0.05, 0.1) is 12.1 Å². The first-order valence-corrected chi connectivity index (χ1v) is 6.87. The number of benzene rings is 2. The molecule has 0 amide bonds. The molecule has 2 aromatic rings. The van der Waals surface area contributed by atoms with Crippen LogP contribution in [-0.4, -0.2) is 19.0 Å². The van der Waals surface area contributed by atoms with Crippen molar-refractivity contribution in [3.05, 3.63) is 54.1 Å². The van der Waals surface area contributed by atoms with Crippen molar-refractivity contribution in [3.8, 4) is 11.1 Å². The molecule has 0 bridgehead atoms. The van der Waals surface area contributed by atoms with Gasteiger partial charge in [0.1, 0.15) is 0 Å². The van der Waals surface area contributed by atoms with Crippen molar-refractivity contribution in [2.24, 2.45) is 4.99 Å². The molecule has 0 aromatic heterocycles. The summed E-state index contributed by atoms with van der Waals surface area (Å²) in [4.78, 5) is 4.21. The van der Waals surface area contributed by atoms with E-state index < -0.39 is 11.7 Å². The number of aliphatic imine (C=N–C) groups is 1. The summed E-state index contributed by atoms with van der Waals surface area (Å²) < 4.78 is 39.6. The maximum Gasteiger partial charge on any atom is 0.417 e. The second kappa shape index (κ2) is 5.71. The van der Waals surface area contributed by atoms with Gasteiger partial charge >= 0.3 is 6.18 Å². The van der Waals surface area contributed by atoms with Crippen molar-refractivity contribution in [1.29, 1.82) is 0 Å². The Kier molecular flexibility index (Phi) is 3.75. The average molecular weight is 305 g/mol. The number of nitrogens with zero attached hydrogens (tertiary/aromatic N) is 1.